The highest BCUT2D eigenvalue weighted by Crippen LogP contribution is 2.22. The second-order valence-electron chi connectivity index (χ2n) is 6.25. The maximum Gasteiger partial charge on any atom is 0.0294 e. The summed E-state index contributed by atoms with van der Waals surface area (Å²) in [5, 5.41) is 0. The van der Waals surface area contributed by atoms with Gasteiger partial charge in [-0.1, -0.05) is 83.9 Å². The molecule has 1 aromatic rings. The molecule has 21 heavy (non-hydrogen) atoms. The van der Waals surface area contributed by atoms with E-state index in [0.29, 0.717) is 0 Å². The summed E-state index contributed by atoms with van der Waals surface area (Å²) in [7, 11) is 0. The fraction of sp³-hybridized carbons (Fsp3) is 0.700. The summed E-state index contributed by atoms with van der Waals surface area (Å²) in [4.78, 5) is 0. The van der Waals surface area contributed by atoms with Gasteiger partial charge >= 0.3 is 0 Å². The lowest BCUT2D eigenvalue weighted by atomic mass is 9.94. The molecule has 120 valence electrons. The maximum absolute atomic E-state index is 6.37. The van der Waals surface area contributed by atoms with E-state index in [1.54, 1.807) is 0 Å². The molecular weight excluding hydrogens is 254 g/mol. The average Bonchev–Trinajstić information content (AvgIpc) is 2.53. The first-order chi connectivity index (χ1) is 10.2. The lowest BCUT2D eigenvalue weighted by Crippen LogP contribution is -2.11. The fourth-order valence-electron chi connectivity index (χ4n) is 3.04. The molecule has 2 N–H and O–H groups in total. The van der Waals surface area contributed by atoms with Gasteiger partial charge in [-0.3, -0.25) is 0 Å². The van der Waals surface area contributed by atoms with Crippen molar-refractivity contribution in [3.63, 3.8) is 0 Å². The molecule has 0 aliphatic rings. The van der Waals surface area contributed by atoms with Crippen molar-refractivity contribution in [2.45, 2.75) is 91.0 Å². The minimum atomic E-state index is 0.219. The van der Waals surface area contributed by atoms with Crippen LogP contribution in [0.25, 0.3) is 0 Å². The summed E-state index contributed by atoms with van der Waals surface area (Å²) >= 11 is 0. The highest BCUT2D eigenvalue weighted by molar-refractivity contribution is 5.33. The van der Waals surface area contributed by atoms with Crippen molar-refractivity contribution >= 4 is 0 Å². The third-order valence-corrected chi connectivity index (χ3v) is 4.54. The minimum absolute atomic E-state index is 0.219. The molecule has 0 radical (unpaired) electrons. The molecule has 1 atom stereocenters. The Balaban J connectivity index is 2.33. The standard InChI is InChI=1S/C20H35N/c1-4-7-8-9-10-11-12-13-20(21)19-15-14-17(5-2)18(6-3)16-19/h14-16,20H,4-13,21H2,1-3H3. The molecule has 0 saturated carbocycles. The number of nitrogens with two attached hydrogens (primary N) is 1. The van der Waals surface area contributed by atoms with E-state index in [-0.39, 0.29) is 6.04 Å². The third kappa shape index (κ3) is 6.65. The van der Waals surface area contributed by atoms with Crippen LogP contribution < -0.4 is 5.73 Å². The molecular formula is C20H35N. The van der Waals surface area contributed by atoms with E-state index in [4.69, 9.17) is 5.73 Å². The van der Waals surface area contributed by atoms with Crippen molar-refractivity contribution in [3.8, 4) is 0 Å². The normalized spacial score (nSPS) is 12.6. The molecule has 0 fully saturated rings. The van der Waals surface area contributed by atoms with Gasteiger partial charge in [-0.15, -0.1) is 0 Å². The summed E-state index contributed by atoms with van der Waals surface area (Å²) in [5.41, 5.74) is 10.7. The van der Waals surface area contributed by atoms with E-state index in [9.17, 15) is 0 Å². The second-order valence-corrected chi connectivity index (χ2v) is 6.25. The molecule has 1 nitrogen and oxygen atoms in total. The zero-order valence-corrected chi connectivity index (χ0v) is 14.5. The van der Waals surface area contributed by atoms with Gasteiger partial charge in [0.2, 0.25) is 0 Å². The molecule has 0 aromatic heterocycles. The fourth-order valence-corrected chi connectivity index (χ4v) is 3.04. The van der Waals surface area contributed by atoms with E-state index in [2.05, 4.69) is 39.0 Å². The van der Waals surface area contributed by atoms with Crippen molar-refractivity contribution in [1.29, 1.82) is 0 Å². The van der Waals surface area contributed by atoms with E-state index in [1.807, 2.05) is 0 Å². The quantitative estimate of drug-likeness (QED) is 0.500. The highest BCUT2D eigenvalue weighted by Gasteiger charge is 2.08. The first kappa shape index (κ1) is 18.2. The van der Waals surface area contributed by atoms with Crippen molar-refractivity contribution in [2.75, 3.05) is 0 Å². The Bertz CT molecular complexity index is 383. The molecule has 0 amide bonds. The van der Waals surface area contributed by atoms with Crippen LogP contribution in [0.3, 0.4) is 0 Å². The lowest BCUT2D eigenvalue weighted by Gasteiger charge is -2.15. The Kier molecular flexibility index (Phi) is 9.41. The van der Waals surface area contributed by atoms with Gasteiger partial charge in [-0.2, -0.15) is 0 Å². The van der Waals surface area contributed by atoms with E-state index in [1.165, 1.54) is 61.6 Å². The van der Waals surface area contributed by atoms with Crippen LogP contribution >= 0.6 is 0 Å². The Labute approximate surface area is 132 Å². The van der Waals surface area contributed by atoms with Crippen LogP contribution in [0.2, 0.25) is 0 Å². The number of hydrogen-bond acceptors (Lipinski definition) is 1. The van der Waals surface area contributed by atoms with Gasteiger partial charge in [0.1, 0.15) is 0 Å². The molecule has 0 saturated heterocycles. The van der Waals surface area contributed by atoms with Crippen LogP contribution in [0.15, 0.2) is 18.2 Å². The van der Waals surface area contributed by atoms with Crippen LogP contribution in [0, 0.1) is 0 Å². The smallest absolute Gasteiger partial charge is 0.0294 e. The molecule has 1 heteroatoms. The predicted molar refractivity (Wildman–Crippen MR) is 94.7 cm³/mol. The Morgan fingerprint density at radius 3 is 2.05 bits per heavy atom. The molecule has 1 rings (SSSR count). The topological polar surface area (TPSA) is 26.0 Å². The first-order valence-electron chi connectivity index (χ1n) is 9.10. The Morgan fingerprint density at radius 2 is 1.43 bits per heavy atom. The summed E-state index contributed by atoms with van der Waals surface area (Å²) < 4.78 is 0. The number of rotatable bonds is 11. The SMILES string of the molecule is CCCCCCCCCC(N)c1ccc(CC)c(CC)c1. The number of unbranched alkanes of at least 4 members (excludes halogenated alkanes) is 6. The van der Waals surface area contributed by atoms with Gasteiger partial charge in [0.05, 0.1) is 0 Å². The summed E-state index contributed by atoms with van der Waals surface area (Å²) in [6.07, 6.45) is 12.9. The largest absolute Gasteiger partial charge is 0.324 e. The van der Waals surface area contributed by atoms with Gasteiger partial charge in [-0.05, 0) is 36.0 Å². The second kappa shape index (κ2) is 10.8. The molecule has 0 heterocycles. The Morgan fingerprint density at radius 1 is 0.810 bits per heavy atom. The molecule has 0 aliphatic heterocycles. The minimum Gasteiger partial charge on any atom is -0.324 e. The molecule has 1 aromatic carbocycles. The van der Waals surface area contributed by atoms with E-state index < -0.39 is 0 Å². The average molecular weight is 290 g/mol. The van der Waals surface area contributed by atoms with Crippen LogP contribution in [0.1, 0.15) is 94.9 Å². The highest BCUT2D eigenvalue weighted by atomic mass is 14.6. The first-order valence-corrected chi connectivity index (χ1v) is 9.10. The lowest BCUT2D eigenvalue weighted by molar-refractivity contribution is 0.541. The van der Waals surface area contributed by atoms with Crippen LogP contribution in [-0.2, 0) is 12.8 Å². The summed E-state index contributed by atoms with van der Waals surface area (Å²) in [6.45, 7) is 6.74. The maximum atomic E-state index is 6.37. The number of hydrogen-bond donors (Lipinski definition) is 1. The third-order valence-electron chi connectivity index (χ3n) is 4.54. The zero-order valence-electron chi connectivity index (χ0n) is 14.5. The molecule has 0 bridgehead atoms. The zero-order chi connectivity index (χ0) is 15.5. The van der Waals surface area contributed by atoms with Gasteiger partial charge < -0.3 is 5.73 Å². The molecule has 1 unspecified atom stereocenters. The monoisotopic (exact) mass is 289 g/mol. The van der Waals surface area contributed by atoms with Crippen molar-refractivity contribution in [3.05, 3.63) is 34.9 Å². The van der Waals surface area contributed by atoms with Gasteiger partial charge in [0.15, 0.2) is 0 Å². The van der Waals surface area contributed by atoms with Crippen LogP contribution in [-0.4, -0.2) is 0 Å². The van der Waals surface area contributed by atoms with Crippen molar-refractivity contribution in [2.24, 2.45) is 5.73 Å². The van der Waals surface area contributed by atoms with Gasteiger partial charge in [-0.25, -0.2) is 0 Å². The van der Waals surface area contributed by atoms with Gasteiger partial charge in [0, 0.05) is 6.04 Å². The van der Waals surface area contributed by atoms with E-state index >= 15 is 0 Å². The molecule has 0 aliphatic carbocycles. The van der Waals surface area contributed by atoms with E-state index in [0.717, 1.165) is 19.3 Å². The summed E-state index contributed by atoms with van der Waals surface area (Å²) in [6, 6.07) is 7.07. The summed E-state index contributed by atoms with van der Waals surface area (Å²) in [5.74, 6) is 0. The predicted octanol–water partition coefficient (Wildman–Crippen LogP) is 5.95. The number of aryl methyl sites for hydroxylation is 2. The van der Waals surface area contributed by atoms with Crippen molar-refractivity contribution < 1.29 is 0 Å². The van der Waals surface area contributed by atoms with Crippen molar-refractivity contribution in [1.82, 2.24) is 0 Å². The van der Waals surface area contributed by atoms with Gasteiger partial charge in [0.25, 0.3) is 0 Å². The Hall–Kier alpha value is -0.820. The van der Waals surface area contributed by atoms with Crippen LogP contribution in [0.5, 0.6) is 0 Å². The number of benzene rings is 1. The molecule has 0 spiro atoms. The van der Waals surface area contributed by atoms with Crippen LogP contribution in [0.4, 0.5) is 0 Å².